The molecule has 0 spiro atoms. The van der Waals surface area contributed by atoms with Crippen LogP contribution >= 0.6 is 0 Å². The van der Waals surface area contributed by atoms with Gasteiger partial charge in [0.15, 0.2) is 0 Å². The number of rotatable bonds is 4. The molecule has 9 heteroatoms. The third-order valence-electron chi connectivity index (χ3n) is 3.04. The Labute approximate surface area is 115 Å². The van der Waals surface area contributed by atoms with Crippen LogP contribution in [0.3, 0.4) is 0 Å². The van der Waals surface area contributed by atoms with Crippen LogP contribution < -0.4 is 10.0 Å². The van der Waals surface area contributed by atoms with E-state index in [2.05, 4.69) is 10.0 Å². The number of nitro groups is 1. The number of halogens is 1. The van der Waals surface area contributed by atoms with Gasteiger partial charge in [0.2, 0.25) is 15.8 Å². The number of hydrogen-bond donors (Lipinski definition) is 2. The molecule has 1 saturated heterocycles. The Kier molecular flexibility index (Phi) is 4.31. The van der Waals surface area contributed by atoms with Gasteiger partial charge in [-0.25, -0.2) is 13.1 Å². The van der Waals surface area contributed by atoms with Crippen molar-refractivity contribution in [2.75, 3.05) is 13.1 Å². The van der Waals surface area contributed by atoms with Crippen LogP contribution in [0.5, 0.6) is 0 Å². The van der Waals surface area contributed by atoms with Crippen LogP contribution in [0.2, 0.25) is 0 Å². The Morgan fingerprint density at radius 2 is 2.20 bits per heavy atom. The average molecular weight is 303 g/mol. The van der Waals surface area contributed by atoms with Crippen molar-refractivity contribution < 1.29 is 17.7 Å². The summed E-state index contributed by atoms with van der Waals surface area (Å²) < 4.78 is 39.9. The summed E-state index contributed by atoms with van der Waals surface area (Å²) in [6.45, 7) is 1.34. The summed E-state index contributed by atoms with van der Waals surface area (Å²) >= 11 is 0. The molecule has 0 saturated carbocycles. The van der Waals surface area contributed by atoms with E-state index in [1.54, 1.807) is 0 Å². The molecule has 110 valence electrons. The number of nitrogens with one attached hydrogen (secondary N) is 2. The highest BCUT2D eigenvalue weighted by atomic mass is 32.2. The van der Waals surface area contributed by atoms with Crippen molar-refractivity contribution >= 4 is 15.7 Å². The van der Waals surface area contributed by atoms with Gasteiger partial charge in [-0.15, -0.1) is 0 Å². The average Bonchev–Trinajstić information content (AvgIpc) is 2.39. The van der Waals surface area contributed by atoms with E-state index in [0.717, 1.165) is 31.2 Å². The van der Waals surface area contributed by atoms with Gasteiger partial charge in [-0.2, -0.15) is 4.39 Å². The Morgan fingerprint density at radius 3 is 2.80 bits per heavy atom. The zero-order chi connectivity index (χ0) is 14.8. The quantitative estimate of drug-likeness (QED) is 0.632. The molecule has 7 nitrogen and oxygen atoms in total. The maximum absolute atomic E-state index is 13.2. The van der Waals surface area contributed by atoms with E-state index >= 15 is 0 Å². The number of benzene rings is 1. The van der Waals surface area contributed by atoms with Gasteiger partial charge < -0.3 is 5.32 Å². The first kappa shape index (κ1) is 14.8. The second-order valence-corrected chi connectivity index (χ2v) is 6.25. The fourth-order valence-corrected chi connectivity index (χ4v) is 3.33. The molecule has 2 rings (SSSR count). The molecular weight excluding hydrogens is 289 g/mol. The third kappa shape index (κ3) is 3.30. The SMILES string of the molecule is O=[N+]([O-])c1cc(S(=O)(=O)N[C@H]2CCCNC2)ccc1F. The standard InChI is InChI=1S/C11H14FN3O4S/c12-10-4-3-9(6-11(10)15(16)17)20(18,19)14-8-2-1-5-13-7-8/h3-4,6,8,13-14H,1-2,5,7H2/t8-/m0/s1. The molecule has 1 aliphatic heterocycles. The molecular formula is C11H14FN3O4S. The molecule has 1 heterocycles. The van der Waals surface area contributed by atoms with E-state index in [1.165, 1.54) is 0 Å². The van der Waals surface area contributed by atoms with Crippen LogP contribution in [-0.4, -0.2) is 32.5 Å². The molecule has 1 fully saturated rings. The summed E-state index contributed by atoms with van der Waals surface area (Å²) in [7, 11) is -3.89. The van der Waals surface area contributed by atoms with E-state index in [1.807, 2.05) is 0 Å². The molecule has 2 N–H and O–H groups in total. The lowest BCUT2D eigenvalue weighted by atomic mass is 10.1. The van der Waals surface area contributed by atoms with Crippen molar-refractivity contribution in [1.29, 1.82) is 0 Å². The third-order valence-corrected chi connectivity index (χ3v) is 4.56. The van der Waals surface area contributed by atoms with Crippen LogP contribution in [0.25, 0.3) is 0 Å². The summed E-state index contributed by atoms with van der Waals surface area (Å²) in [6.07, 6.45) is 1.53. The van der Waals surface area contributed by atoms with Gasteiger partial charge in [0.05, 0.1) is 9.82 Å². The second kappa shape index (κ2) is 5.81. The van der Waals surface area contributed by atoms with Gasteiger partial charge in [0, 0.05) is 18.7 Å². The molecule has 0 aromatic heterocycles. The Balaban J connectivity index is 2.24. The highest BCUT2D eigenvalue weighted by molar-refractivity contribution is 7.89. The zero-order valence-electron chi connectivity index (χ0n) is 10.5. The van der Waals surface area contributed by atoms with E-state index in [0.29, 0.717) is 13.0 Å². The number of nitro benzene ring substituents is 1. The summed E-state index contributed by atoms with van der Waals surface area (Å²) in [5.74, 6) is -1.06. The summed E-state index contributed by atoms with van der Waals surface area (Å²) in [4.78, 5) is 9.37. The minimum Gasteiger partial charge on any atom is -0.315 e. The Hall–Kier alpha value is -1.58. The summed E-state index contributed by atoms with van der Waals surface area (Å²) in [5, 5.41) is 13.7. The molecule has 1 aliphatic rings. The molecule has 1 aromatic carbocycles. The van der Waals surface area contributed by atoms with Gasteiger partial charge in [-0.1, -0.05) is 0 Å². The fraction of sp³-hybridized carbons (Fsp3) is 0.455. The molecule has 1 atom stereocenters. The zero-order valence-corrected chi connectivity index (χ0v) is 11.3. The highest BCUT2D eigenvalue weighted by Crippen LogP contribution is 2.21. The molecule has 0 bridgehead atoms. The summed E-state index contributed by atoms with van der Waals surface area (Å²) in [6, 6.07) is 2.26. The second-order valence-electron chi connectivity index (χ2n) is 4.53. The van der Waals surface area contributed by atoms with Crippen molar-refractivity contribution in [3.8, 4) is 0 Å². The van der Waals surface area contributed by atoms with Crippen LogP contribution in [0.1, 0.15) is 12.8 Å². The van der Waals surface area contributed by atoms with Crippen LogP contribution in [0, 0.1) is 15.9 Å². The first-order valence-electron chi connectivity index (χ1n) is 6.07. The Morgan fingerprint density at radius 1 is 1.45 bits per heavy atom. The lowest BCUT2D eigenvalue weighted by molar-refractivity contribution is -0.387. The van der Waals surface area contributed by atoms with Crippen molar-refractivity contribution in [2.24, 2.45) is 0 Å². The monoisotopic (exact) mass is 303 g/mol. The van der Waals surface area contributed by atoms with Crippen molar-refractivity contribution in [1.82, 2.24) is 10.0 Å². The van der Waals surface area contributed by atoms with E-state index in [9.17, 15) is 22.9 Å². The largest absolute Gasteiger partial charge is 0.315 e. The molecule has 0 amide bonds. The maximum atomic E-state index is 13.2. The number of piperidine rings is 1. The predicted octanol–water partition coefficient (Wildman–Crippen LogP) is 0.764. The topological polar surface area (TPSA) is 101 Å². The summed E-state index contributed by atoms with van der Waals surface area (Å²) in [5.41, 5.74) is -0.852. The number of nitrogens with zero attached hydrogens (tertiary/aromatic N) is 1. The number of sulfonamides is 1. The molecule has 0 unspecified atom stereocenters. The van der Waals surface area contributed by atoms with Gasteiger partial charge in [-0.05, 0) is 31.5 Å². The molecule has 0 radical (unpaired) electrons. The normalized spacial score (nSPS) is 19.8. The first-order valence-corrected chi connectivity index (χ1v) is 7.55. The highest BCUT2D eigenvalue weighted by Gasteiger charge is 2.25. The molecule has 20 heavy (non-hydrogen) atoms. The van der Waals surface area contributed by atoms with Crippen molar-refractivity contribution in [3.63, 3.8) is 0 Å². The first-order chi connectivity index (χ1) is 9.40. The van der Waals surface area contributed by atoms with Crippen molar-refractivity contribution in [2.45, 2.75) is 23.8 Å². The van der Waals surface area contributed by atoms with Gasteiger partial charge in [0.25, 0.3) is 0 Å². The van der Waals surface area contributed by atoms with Crippen molar-refractivity contribution in [3.05, 3.63) is 34.1 Å². The van der Waals surface area contributed by atoms with Crippen LogP contribution in [0.4, 0.5) is 10.1 Å². The lowest BCUT2D eigenvalue weighted by Crippen LogP contribution is -2.45. The Bertz CT molecular complexity index is 614. The fourth-order valence-electron chi connectivity index (χ4n) is 2.04. The lowest BCUT2D eigenvalue weighted by Gasteiger charge is -2.23. The van der Waals surface area contributed by atoms with Gasteiger partial charge >= 0.3 is 5.69 Å². The van der Waals surface area contributed by atoms with Gasteiger partial charge in [0.1, 0.15) is 0 Å². The van der Waals surface area contributed by atoms with Gasteiger partial charge in [-0.3, -0.25) is 10.1 Å². The molecule has 1 aromatic rings. The number of hydrogen-bond acceptors (Lipinski definition) is 5. The van der Waals surface area contributed by atoms with E-state index < -0.39 is 26.5 Å². The minimum absolute atomic E-state index is 0.266. The van der Waals surface area contributed by atoms with E-state index in [-0.39, 0.29) is 10.9 Å². The smallest absolute Gasteiger partial charge is 0.306 e. The predicted molar refractivity (Wildman–Crippen MR) is 69.3 cm³/mol. The maximum Gasteiger partial charge on any atom is 0.306 e. The minimum atomic E-state index is -3.89. The van der Waals surface area contributed by atoms with Crippen LogP contribution in [0.15, 0.2) is 23.1 Å². The molecule has 0 aliphatic carbocycles. The van der Waals surface area contributed by atoms with E-state index in [4.69, 9.17) is 0 Å². The van der Waals surface area contributed by atoms with Crippen LogP contribution in [-0.2, 0) is 10.0 Å².